The van der Waals surface area contributed by atoms with E-state index in [0.29, 0.717) is 0 Å². The zero-order valence-electron chi connectivity index (χ0n) is 16.4. The summed E-state index contributed by atoms with van der Waals surface area (Å²) in [6.07, 6.45) is 18.4. The van der Waals surface area contributed by atoms with E-state index in [1.807, 2.05) is 0 Å². The van der Waals surface area contributed by atoms with E-state index < -0.39 is 0 Å². The SMILES string of the molecule is Cc1cc(CCCCC2(C)CC2)ccc1CCCCCC1(C)CC1. The van der Waals surface area contributed by atoms with Crippen molar-refractivity contribution in [2.45, 2.75) is 104 Å². The van der Waals surface area contributed by atoms with Crippen LogP contribution < -0.4 is 0 Å². The van der Waals surface area contributed by atoms with E-state index in [0.717, 1.165) is 10.8 Å². The summed E-state index contributed by atoms with van der Waals surface area (Å²) in [6.45, 7) is 7.23. The van der Waals surface area contributed by atoms with Crippen molar-refractivity contribution in [3.05, 3.63) is 34.9 Å². The van der Waals surface area contributed by atoms with Gasteiger partial charge in [0.15, 0.2) is 0 Å². The van der Waals surface area contributed by atoms with Crippen molar-refractivity contribution in [2.24, 2.45) is 10.8 Å². The molecule has 24 heavy (non-hydrogen) atoms. The lowest BCUT2D eigenvalue weighted by molar-refractivity contribution is 0.475. The van der Waals surface area contributed by atoms with E-state index in [2.05, 4.69) is 39.0 Å². The lowest BCUT2D eigenvalue weighted by Gasteiger charge is -2.11. The highest BCUT2D eigenvalue weighted by atomic mass is 14.4. The van der Waals surface area contributed by atoms with Crippen molar-refractivity contribution < 1.29 is 0 Å². The number of aryl methyl sites for hydroxylation is 3. The lowest BCUT2D eigenvalue weighted by Crippen LogP contribution is -1.96. The maximum absolute atomic E-state index is 2.46. The molecule has 1 aromatic rings. The Labute approximate surface area is 150 Å². The molecule has 0 unspecified atom stereocenters. The van der Waals surface area contributed by atoms with Gasteiger partial charge in [0.25, 0.3) is 0 Å². The van der Waals surface area contributed by atoms with Crippen LogP contribution in [-0.4, -0.2) is 0 Å². The van der Waals surface area contributed by atoms with Crippen molar-refractivity contribution >= 4 is 0 Å². The van der Waals surface area contributed by atoms with Gasteiger partial charge in [-0.1, -0.05) is 51.3 Å². The number of benzene rings is 1. The third-order valence-corrected chi connectivity index (χ3v) is 6.84. The van der Waals surface area contributed by atoms with Gasteiger partial charge in [-0.15, -0.1) is 0 Å². The smallest absolute Gasteiger partial charge is 0.0276 e. The van der Waals surface area contributed by atoms with Crippen LogP contribution in [0.3, 0.4) is 0 Å². The van der Waals surface area contributed by atoms with Crippen molar-refractivity contribution in [3.8, 4) is 0 Å². The highest BCUT2D eigenvalue weighted by Crippen LogP contribution is 2.49. The average Bonchev–Trinajstić information content (AvgIpc) is 3.46. The Morgan fingerprint density at radius 2 is 1.33 bits per heavy atom. The second kappa shape index (κ2) is 7.63. The molecule has 0 spiro atoms. The van der Waals surface area contributed by atoms with E-state index in [-0.39, 0.29) is 0 Å². The van der Waals surface area contributed by atoms with Crippen LogP contribution in [0.1, 0.15) is 101 Å². The Bertz CT molecular complexity index is 531. The van der Waals surface area contributed by atoms with Crippen molar-refractivity contribution in [1.29, 1.82) is 0 Å². The van der Waals surface area contributed by atoms with Crippen molar-refractivity contribution in [3.63, 3.8) is 0 Å². The van der Waals surface area contributed by atoms with Crippen LogP contribution in [0.25, 0.3) is 0 Å². The molecule has 2 aliphatic carbocycles. The number of rotatable bonds is 11. The molecule has 0 heterocycles. The average molecular weight is 327 g/mol. The first-order valence-corrected chi connectivity index (χ1v) is 10.6. The van der Waals surface area contributed by atoms with Crippen LogP contribution in [0.4, 0.5) is 0 Å². The molecule has 2 fully saturated rings. The van der Waals surface area contributed by atoms with E-state index >= 15 is 0 Å². The third kappa shape index (κ3) is 5.64. The van der Waals surface area contributed by atoms with Gasteiger partial charge < -0.3 is 0 Å². The van der Waals surface area contributed by atoms with E-state index in [1.165, 1.54) is 89.0 Å². The molecule has 0 atom stereocenters. The molecule has 2 saturated carbocycles. The Morgan fingerprint density at radius 1 is 0.750 bits per heavy atom. The fraction of sp³-hybridized carbons (Fsp3) is 0.750. The van der Waals surface area contributed by atoms with E-state index in [4.69, 9.17) is 0 Å². The van der Waals surface area contributed by atoms with Gasteiger partial charge in [-0.3, -0.25) is 0 Å². The summed E-state index contributed by atoms with van der Waals surface area (Å²) >= 11 is 0. The second-order valence-corrected chi connectivity index (χ2v) is 9.65. The minimum atomic E-state index is 0.733. The molecule has 0 radical (unpaired) electrons. The molecule has 2 aliphatic rings. The summed E-state index contributed by atoms with van der Waals surface area (Å²) in [4.78, 5) is 0. The first kappa shape index (κ1) is 18.0. The standard InChI is InChI=1S/C24H38/c1-20-19-21(9-6-8-14-24(3)17-18-24)11-12-22(20)10-5-4-7-13-23(2)15-16-23/h11-12,19H,4-10,13-18H2,1-3H3. The molecule has 0 amide bonds. The lowest BCUT2D eigenvalue weighted by atomic mass is 9.95. The minimum absolute atomic E-state index is 0.733. The fourth-order valence-electron chi connectivity index (χ4n) is 4.05. The van der Waals surface area contributed by atoms with Crippen molar-refractivity contribution in [1.82, 2.24) is 0 Å². The molecule has 1 aromatic carbocycles. The molecular weight excluding hydrogens is 288 g/mol. The van der Waals surface area contributed by atoms with Crippen LogP contribution >= 0.6 is 0 Å². The third-order valence-electron chi connectivity index (χ3n) is 6.84. The molecular formula is C24H38. The summed E-state index contributed by atoms with van der Waals surface area (Å²) < 4.78 is 0. The molecule has 0 aromatic heterocycles. The highest BCUT2D eigenvalue weighted by Gasteiger charge is 2.36. The molecule has 0 aliphatic heterocycles. The van der Waals surface area contributed by atoms with Gasteiger partial charge in [0.2, 0.25) is 0 Å². The van der Waals surface area contributed by atoms with Gasteiger partial charge in [0.05, 0.1) is 0 Å². The molecule has 134 valence electrons. The first-order chi connectivity index (χ1) is 11.5. The molecule has 0 N–H and O–H groups in total. The Kier molecular flexibility index (Phi) is 5.73. The topological polar surface area (TPSA) is 0 Å². The van der Waals surface area contributed by atoms with Crippen LogP contribution in [0.5, 0.6) is 0 Å². The zero-order valence-corrected chi connectivity index (χ0v) is 16.4. The van der Waals surface area contributed by atoms with Gasteiger partial charge in [-0.05, 0) is 98.7 Å². The van der Waals surface area contributed by atoms with E-state index in [9.17, 15) is 0 Å². The van der Waals surface area contributed by atoms with Gasteiger partial charge >= 0.3 is 0 Å². The monoisotopic (exact) mass is 326 g/mol. The second-order valence-electron chi connectivity index (χ2n) is 9.65. The molecule has 3 rings (SSSR count). The van der Waals surface area contributed by atoms with E-state index in [1.54, 1.807) is 11.1 Å². The quantitative estimate of drug-likeness (QED) is 0.371. The summed E-state index contributed by atoms with van der Waals surface area (Å²) in [6, 6.07) is 7.26. The molecule has 0 nitrogen and oxygen atoms in total. The number of hydrogen-bond acceptors (Lipinski definition) is 0. The maximum Gasteiger partial charge on any atom is -0.0276 e. The molecule has 0 saturated heterocycles. The fourth-order valence-corrected chi connectivity index (χ4v) is 4.05. The Morgan fingerprint density at radius 3 is 1.92 bits per heavy atom. The predicted octanol–water partition coefficient (Wildman–Crippen LogP) is 7.41. The highest BCUT2D eigenvalue weighted by molar-refractivity contribution is 5.31. The number of hydrogen-bond donors (Lipinski definition) is 0. The maximum atomic E-state index is 2.46. The number of unbranched alkanes of at least 4 members (excludes halogenated alkanes) is 3. The minimum Gasteiger partial charge on any atom is -0.0596 e. The Balaban J connectivity index is 1.32. The van der Waals surface area contributed by atoms with Gasteiger partial charge in [-0.2, -0.15) is 0 Å². The van der Waals surface area contributed by atoms with Gasteiger partial charge in [0.1, 0.15) is 0 Å². The van der Waals surface area contributed by atoms with Crippen LogP contribution in [0, 0.1) is 17.8 Å². The normalized spacial score (nSPS) is 20.1. The predicted molar refractivity (Wildman–Crippen MR) is 106 cm³/mol. The van der Waals surface area contributed by atoms with Gasteiger partial charge in [0, 0.05) is 0 Å². The largest absolute Gasteiger partial charge is 0.0596 e. The Hall–Kier alpha value is -0.780. The summed E-state index contributed by atoms with van der Waals surface area (Å²) in [5.74, 6) is 0. The first-order valence-electron chi connectivity index (χ1n) is 10.6. The van der Waals surface area contributed by atoms with Crippen LogP contribution in [0.2, 0.25) is 0 Å². The zero-order chi connectivity index (χ0) is 17.0. The van der Waals surface area contributed by atoms with Gasteiger partial charge in [-0.25, -0.2) is 0 Å². The summed E-state index contributed by atoms with van der Waals surface area (Å²) in [5.41, 5.74) is 6.14. The summed E-state index contributed by atoms with van der Waals surface area (Å²) in [7, 11) is 0. The summed E-state index contributed by atoms with van der Waals surface area (Å²) in [5, 5.41) is 0. The van der Waals surface area contributed by atoms with Crippen molar-refractivity contribution in [2.75, 3.05) is 0 Å². The molecule has 0 bridgehead atoms. The molecule has 0 heteroatoms. The van der Waals surface area contributed by atoms with Crippen LogP contribution in [0.15, 0.2) is 18.2 Å². The van der Waals surface area contributed by atoms with Crippen LogP contribution in [-0.2, 0) is 12.8 Å².